The third-order valence-corrected chi connectivity index (χ3v) is 1.47. The zero-order chi connectivity index (χ0) is 10.1. The van der Waals surface area contributed by atoms with E-state index in [4.69, 9.17) is 9.52 Å². The Morgan fingerprint density at radius 1 is 1.62 bits per heavy atom. The molecule has 0 aliphatic carbocycles. The topological polar surface area (TPSA) is 66.6 Å². The summed E-state index contributed by atoms with van der Waals surface area (Å²) in [7, 11) is 0. The smallest absolute Gasteiger partial charge is 0.415 e. The van der Waals surface area contributed by atoms with Gasteiger partial charge in [0.2, 0.25) is 0 Å². The van der Waals surface area contributed by atoms with Gasteiger partial charge in [-0.15, -0.1) is 0 Å². The van der Waals surface area contributed by atoms with Gasteiger partial charge in [-0.2, -0.15) is 0 Å². The molecule has 72 valence electrons. The molecule has 0 radical (unpaired) electrons. The number of carbonyl (C=O) groups is 1. The Morgan fingerprint density at radius 2 is 2.23 bits per heavy atom. The van der Waals surface area contributed by atoms with Gasteiger partial charge in [0.1, 0.15) is 6.26 Å². The molecule has 0 saturated heterocycles. The third-order valence-electron chi connectivity index (χ3n) is 1.47. The van der Waals surface area contributed by atoms with Gasteiger partial charge in [0, 0.05) is 5.54 Å². The number of rotatable bonds is 1. The summed E-state index contributed by atoms with van der Waals surface area (Å²) in [6.45, 7) is 5.31. The molecule has 0 aliphatic rings. The highest BCUT2D eigenvalue weighted by atomic mass is 16.4. The summed E-state index contributed by atoms with van der Waals surface area (Å²) >= 11 is 0. The van der Waals surface area contributed by atoms with Crippen molar-refractivity contribution < 1.29 is 14.3 Å². The fourth-order valence-corrected chi connectivity index (χ4v) is 0.982. The van der Waals surface area contributed by atoms with Crippen LogP contribution in [0.25, 0.3) is 0 Å². The van der Waals surface area contributed by atoms with Crippen molar-refractivity contribution in [1.29, 1.82) is 0 Å². The van der Waals surface area contributed by atoms with E-state index in [-0.39, 0.29) is 6.01 Å². The summed E-state index contributed by atoms with van der Waals surface area (Å²) in [6, 6.07) is 0.0972. The van der Waals surface area contributed by atoms with Crippen LogP contribution in [0.2, 0.25) is 0 Å². The number of aromatic nitrogens is 1. The molecule has 0 spiro atoms. The Kier molecular flexibility index (Phi) is 2.27. The van der Waals surface area contributed by atoms with Crippen molar-refractivity contribution in [2.45, 2.75) is 26.3 Å². The Labute approximate surface area is 76.0 Å². The van der Waals surface area contributed by atoms with Gasteiger partial charge in [0.15, 0.2) is 0 Å². The molecule has 1 aromatic rings. The van der Waals surface area contributed by atoms with Gasteiger partial charge in [-0.25, -0.2) is 14.7 Å². The molecule has 1 rings (SSSR count). The highest BCUT2D eigenvalue weighted by Gasteiger charge is 2.30. The van der Waals surface area contributed by atoms with Crippen LogP contribution in [0.4, 0.5) is 10.8 Å². The summed E-state index contributed by atoms with van der Waals surface area (Å²) in [5, 5.41) is 8.91. The molecule has 5 heteroatoms. The SMILES string of the molecule is CC(C)(C)N(C(=O)O)c1ncco1. The van der Waals surface area contributed by atoms with Gasteiger partial charge in [-0.1, -0.05) is 0 Å². The normalized spacial score (nSPS) is 11.3. The highest BCUT2D eigenvalue weighted by Crippen LogP contribution is 2.21. The number of hydrogen-bond donors (Lipinski definition) is 1. The van der Waals surface area contributed by atoms with Crippen LogP contribution in [0.15, 0.2) is 16.9 Å². The lowest BCUT2D eigenvalue weighted by Gasteiger charge is -2.29. The van der Waals surface area contributed by atoms with E-state index in [1.807, 2.05) is 0 Å². The minimum atomic E-state index is -1.07. The van der Waals surface area contributed by atoms with Crippen LogP contribution in [0.1, 0.15) is 20.8 Å². The number of oxazole rings is 1. The lowest BCUT2D eigenvalue weighted by molar-refractivity contribution is 0.193. The average Bonchev–Trinajstić information content (AvgIpc) is 2.34. The van der Waals surface area contributed by atoms with Gasteiger partial charge >= 0.3 is 12.1 Å². The Hall–Kier alpha value is -1.52. The van der Waals surface area contributed by atoms with Crippen molar-refractivity contribution in [3.05, 3.63) is 12.5 Å². The molecule has 1 heterocycles. The molecule has 0 fully saturated rings. The molecule has 1 amide bonds. The van der Waals surface area contributed by atoms with Crippen molar-refractivity contribution in [1.82, 2.24) is 4.98 Å². The van der Waals surface area contributed by atoms with E-state index in [2.05, 4.69) is 4.98 Å². The maximum absolute atomic E-state index is 10.9. The lowest BCUT2D eigenvalue weighted by Crippen LogP contribution is -2.45. The molecule has 0 bridgehead atoms. The van der Waals surface area contributed by atoms with E-state index < -0.39 is 11.6 Å². The van der Waals surface area contributed by atoms with Gasteiger partial charge in [-0.05, 0) is 20.8 Å². The molecular formula is C8H12N2O3. The van der Waals surface area contributed by atoms with E-state index in [1.54, 1.807) is 20.8 Å². The van der Waals surface area contributed by atoms with Crippen LogP contribution < -0.4 is 4.90 Å². The van der Waals surface area contributed by atoms with Crippen molar-refractivity contribution in [2.24, 2.45) is 0 Å². The summed E-state index contributed by atoms with van der Waals surface area (Å²) in [5.74, 6) is 0. The predicted molar refractivity (Wildman–Crippen MR) is 46.8 cm³/mol. The summed E-state index contributed by atoms with van der Waals surface area (Å²) in [6.07, 6.45) is 1.68. The molecule has 1 N–H and O–H groups in total. The Bertz CT molecular complexity index is 287. The summed E-state index contributed by atoms with van der Waals surface area (Å²) in [4.78, 5) is 15.7. The van der Waals surface area contributed by atoms with Crippen LogP contribution in [-0.2, 0) is 0 Å². The molecule has 0 aromatic carbocycles. The monoisotopic (exact) mass is 184 g/mol. The minimum Gasteiger partial charge on any atom is -0.465 e. The van der Waals surface area contributed by atoms with Gasteiger partial charge < -0.3 is 9.52 Å². The fraction of sp³-hybridized carbons (Fsp3) is 0.500. The van der Waals surface area contributed by atoms with Crippen LogP contribution in [0.3, 0.4) is 0 Å². The van der Waals surface area contributed by atoms with Gasteiger partial charge in [0.25, 0.3) is 0 Å². The van der Waals surface area contributed by atoms with E-state index in [9.17, 15) is 4.79 Å². The van der Waals surface area contributed by atoms with E-state index in [0.29, 0.717) is 0 Å². The molecule has 0 saturated carbocycles. The number of amides is 1. The second-order valence-electron chi connectivity index (χ2n) is 3.60. The number of carboxylic acid groups (broad SMARTS) is 1. The first-order valence-corrected chi connectivity index (χ1v) is 3.85. The number of hydrogen-bond acceptors (Lipinski definition) is 3. The standard InChI is InChI=1S/C8H12N2O3/c1-8(2,3)10(7(11)12)6-9-4-5-13-6/h4-5H,1-3H3,(H,11,12). The number of anilines is 1. The number of nitrogens with zero attached hydrogens (tertiary/aromatic N) is 2. The molecule has 13 heavy (non-hydrogen) atoms. The van der Waals surface area contributed by atoms with Crippen molar-refractivity contribution in [3.8, 4) is 0 Å². The van der Waals surface area contributed by atoms with Crippen LogP contribution in [-0.4, -0.2) is 21.7 Å². The zero-order valence-corrected chi connectivity index (χ0v) is 7.81. The van der Waals surface area contributed by atoms with Gasteiger partial charge in [0.05, 0.1) is 6.20 Å². The maximum Gasteiger partial charge on any atom is 0.415 e. The maximum atomic E-state index is 10.9. The Balaban J connectivity index is 3.01. The third kappa shape index (κ3) is 1.99. The van der Waals surface area contributed by atoms with E-state index >= 15 is 0 Å². The predicted octanol–water partition coefficient (Wildman–Crippen LogP) is 1.96. The molecule has 5 nitrogen and oxygen atoms in total. The first-order valence-electron chi connectivity index (χ1n) is 3.85. The lowest BCUT2D eigenvalue weighted by atomic mass is 10.1. The largest absolute Gasteiger partial charge is 0.465 e. The fourth-order valence-electron chi connectivity index (χ4n) is 0.982. The molecule has 1 aromatic heterocycles. The van der Waals surface area contributed by atoms with Crippen molar-refractivity contribution in [2.75, 3.05) is 4.90 Å². The molecular weight excluding hydrogens is 172 g/mol. The van der Waals surface area contributed by atoms with Crippen LogP contribution >= 0.6 is 0 Å². The molecule has 0 aliphatic heterocycles. The first-order chi connectivity index (χ1) is 5.93. The molecule has 0 atom stereocenters. The second kappa shape index (κ2) is 3.08. The quantitative estimate of drug-likeness (QED) is 0.724. The van der Waals surface area contributed by atoms with Crippen LogP contribution in [0, 0.1) is 0 Å². The summed E-state index contributed by atoms with van der Waals surface area (Å²) in [5.41, 5.74) is -0.559. The average molecular weight is 184 g/mol. The van der Waals surface area contributed by atoms with Crippen LogP contribution in [0.5, 0.6) is 0 Å². The van der Waals surface area contributed by atoms with E-state index in [1.165, 1.54) is 12.5 Å². The summed E-state index contributed by atoms with van der Waals surface area (Å²) < 4.78 is 4.92. The van der Waals surface area contributed by atoms with E-state index in [0.717, 1.165) is 4.90 Å². The minimum absolute atomic E-state index is 0.0972. The van der Waals surface area contributed by atoms with Crippen molar-refractivity contribution >= 4 is 12.1 Å². The van der Waals surface area contributed by atoms with Gasteiger partial charge in [-0.3, -0.25) is 0 Å². The van der Waals surface area contributed by atoms with Crippen molar-refractivity contribution in [3.63, 3.8) is 0 Å². The zero-order valence-electron chi connectivity index (χ0n) is 7.81. The first kappa shape index (κ1) is 9.57. The second-order valence-corrected chi connectivity index (χ2v) is 3.60. The Morgan fingerprint density at radius 3 is 2.54 bits per heavy atom. The molecule has 0 unspecified atom stereocenters. The highest BCUT2D eigenvalue weighted by molar-refractivity contribution is 5.84.